The van der Waals surface area contributed by atoms with E-state index in [9.17, 15) is 5.11 Å². The summed E-state index contributed by atoms with van der Waals surface area (Å²) in [4.78, 5) is 2.41. The van der Waals surface area contributed by atoms with Crippen molar-refractivity contribution >= 4 is 28.3 Å². The second-order valence-electron chi connectivity index (χ2n) is 5.04. The average Bonchev–Trinajstić information content (AvgIpc) is 2.92. The van der Waals surface area contributed by atoms with Crippen LogP contribution < -0.4 is 14.8 Å². The minimum Gasteiger partial charge on any atom is -0.454 e. The summed E-state index contributed by atoms with van der Waals surface area (Å²) in [6.07, 6.45) is 0.720. The second-order valence-corrected chi connectivity index (χ2v) is 5.90. The van der Waals surface area contributed by atoms with Crippen LogP contribution in [0.5, 0.6) is 11.5 Å². The van der Waals surface area contributed by atoms with Gasteiger partial charge in [0.1, 0.15) is 0 Å². The van der Waals surface area contributed by atoms with Gasteiger partial charge < -0.3 is 19.9 Å². The molecule has 1 atom stereocenters. The number of rotatable bonds is 4. The molecule has 0 bridgehead atoms. The molecular weight excluding hydrogens is 360 g/mol. The van der Waals surface area contributed by atoms with Gasteiger partial charge in [-0.15, -0.1) is 12.4 Å². The Hall–Kier alpha value is -0.530. The smallest absolute Gasteiger partial charge is 0.231 e. The fourth-order valence-corrected chi connectivity index (χ4v) is 3.43. The van der Waals surface area contributed by atoms with E-state index in [1.54, 1.807) is 0 Å². The molecule has 2 aliphatic heterocycles. The topological polar surface area (TPSA) is 54.0 Å². The van der Waals surface area contributed by atoms with Gasteiger partial charge in [0.25, 0.3) is 0 Å². The zero-order valence-corrected chi connectivity index (χ0v) is 14.1. The first kappa shape index (κ1) is 16.8. The largest absolute Gasteiger partial charge is 0.454 e. The van der Waals surface area contributed by atoms with Gasteiger partial charge in [0.05, 0.1) is 0 Å². The highest BCUT2D eigenvalue weighted by Gasteiger charge is 2.26. The zero-order valence-electron chi connectivity index (χ0n) is 11.7. The van der Waals surface area contributed by atoms with Gasteiger partial charge in [-0.25, -0.2) is 0 Å². The van der Waals surface area contributed by atoms with E-state index < -0.39 is 0 Å². The number of ether oxygens (including phenoxy) is 2. The molecule has 2 heterocycles. The molecule has 0 aromatic heterocycles. The van der Waals surface area contributed by atoms with E-state index in [4.69, 9.17) is 9.47 Å². The molecule has 2 N–H and O–H groups in total. The zero-order chi connectivity index (χ0) is 13.9. The van der Waals surface area contributed by atoms with Crippen molar-refractivity contribution < 1.29 is 14.6 Å². The highest BCUT2D eigenvalue weighted by Crippen LogP contribution is 2.41. The maximum atomic E-state index is 9.40. The molecule has 0 aliphatic carbocycles. The Labute approximate surface area is 139 Å². The molecule has 1 fully saturated rings. The van der Waals surface area contributed by atoms with E-state index in [2.05, 4.69) is 26.1 Å². The molecule has 7 heteroatoms. The van der Waals surface area contributed by atoms with E-state index >= 15 is 0 Å². The summed E-state index contributed by atoms with van der Waals surface area (Å²) in [6.45, 7) is 4.42. The molecule has 0 amide bonds. The number of fused-ring (bicyclic) bond motifs is 1. The molecular formula is C14H20BrClN2O3. The van der Waals surface area contributed by atoms with Crippen LogP contribution in [0.15, 0.2) is 16.6 Å². The first-order valence-electron chi connectivity index (χ1n) is 6.94. The van der Waals surface area contributed by atoms with Crippen LogP contribution in [0, 0.1) is 0 Å². The number of piperazine rings is 1. The van der Waals surface area contributed by atoms with Crippen molar-refractivity contribution in [2.24, 2.45) is 0 Å². The van der Waals surface area contributed by atoms with Gasteiger partial charge in [-0.2, -0.15) is 0 Å². The van der Waals surface area contributed by atoms with Gasteiger partial charge >= 0.3 is 0 Å². The van der Waals surface area contributed by atoms with E-state index in [1.165, 1.54) is 0 Å². The average molecular weight is 380 g/mol. The third-order valence-corrected chi connectivity index (χ3v) is 4.53. The Kier molecular flexibility index (Phi) is 6.13. The third-order valence-electron chi connectivity index (χ3n) is 3.85. The SMILES string of the molecule is Cl.OCC[C@H](c1cc2c(cc1Br)OCO2)N1CCNCC1. The summed E-state index contributed by atoms with van der Waals surface area (Å²) in [5.41, 5.74) is 1.16. The molecule has 0 unspecified atom stereocenters. The number of nitrogens with zero attached hydrogens (tertiary/aromatic N) is 1. The van der Waals surface area contributed by atoms with Crippen molar-refractivity contribution in [2.75, 3.05) is 39.6 Å². The molecule has 1 saturated heterocycles. The summed E-state index contributed by atoms with van der Waals surface area (Å²) in [5, 5.41) is 12.8. The van der Waals surface area contributed by atoms with Crippen molar-refractivity contribution in [3.05, 3.63) is 22.2 Å². The van der Waals surface area contributed by atoms with Crippen molar-refractivity contribution in [2.45, 2.75) is 12.5 Å². The Bertz CT molecular complexity index is 484. The number of aliphatic hydroxyl groups excluding tert-OH is 1. The monoisotopic (exact) mass is 378 g/mol. The second kappa shape index (κ2) is 7.65. The molecule has 2 aliphatic rings. The van der Waals surface area contributed by atoms with Gasteiger partial charge in [0, 0.05) is 43.3 Å². The minimum absolute atomic E-state index is 0. The first-order valence-corrected chi connectivity index (χ1v) is 7.73. The van der Waals surface area contributed by atoms with Crippen LogP contribution in [0.4, 0.5) is 0 Å². The van der Waals surface area contributed by atoms with E-state index in [-0.39, 0.29) is 31.8 Å². The summed E-state index contributed by atoms with van der Waals surface area (Å²) in [5.74, 6) is 1.57. The maximum Gasteiger partial charge on any atom is 0.231 e. The van der Waals surface area contributed by atoms with Gasteiger partial charge in [-0.1, -0.05) is 15.9 Å². The normalized spacial score (nSPS) is 19.1. The highest BCUT2D eigenvalue weighted by atomic mass is 79.9. The standard InChI is InChI=1S/C14H19BrN2O3.ClH/c15-11-8-14-13(19-9-20-14)7-10(11)12(1-6-18)17-4-2-16-3-5-17;/h7-8,12,16,18H,1-6,9H2;1H/t12-;/m1./s1. The van der Waals surface area contributed by atoms with Crippen molar-refractivity contribution in [3.8, 4) is 11.5 Å². The molecule has 5 nitrogen and oxygen atoms in total. The summed E-state index contributed by atoms with van der Waals surface area (Å²) < 4.78 is 11.9. The third kappa shape index (κ3) is 3.63. The molecule has 0 saturated carbocycles. The van der Waals surface area contributed by atoms with Crippen LogP contribution in [0.1, 0.15) is 18.0 Å². The number of hydrogen-bond donors (Lipinski definition) is 2. The summed E-state index contributed by atoms with van der Waals surface area (Å²) in [7, 11) is 0. The first-order chi connectivity index (χ1) is 9.79. The lowest BCUT2D eigenvalue weighted by atomic mass is 10.0. The highest BCUT2D eigenvalue weighted by molar-refractivity contribution is 9.10. The quantitative estimate of drug-likeness (QED) is 0.837. The van der Waals surface area contributed by atoms with Crippen LogP contribution in [-0.2, 0) is 0 Å². The van der Waals surface area contributed by atoms with Crippen LogP contribution in [-0.4, -0.2) is 49.6 Å². The number of benzene rings is 1. The van der Waals surface area contributed by atoms with Crippen molar-refractivity contribution in [1.82, 2.24) is 10.2 Å². The molecule has 1 aromatic carbocycles. The molecule has 0 spiro atoms. The van der Waals surface area contributed by atoms with Crippen LogP contribution in [0.3, 0.4) is 0 Å². The van der Waals surface area contributed by atoms with Crippen LogP contribution in [0.2, 0.25) is 0 Å². The van der Waals surface area contributed by atoms with Crippen LogP contribution >= 0.6 is 28.3 Å². The lowest BCUT2D eigenvalue weighted by molar-refractivity contribution is 0.140. The Morgan fingerprint density at radius 2 is 1.90 bits per heavy atom. The lowest BCUT2D eigenvalue weighted by Gasteiger charge is -2.35. The number of aliphatic hydroxyl groups is 1. The van der Waals surface area contributed by atoms with Crippen LogP contribution in [0.25, 0.3) is 0 Å². The summed E-state index contributed by atoms with van der Waals surface area (Å²) >= 11 is 3.63. The number of hydrogen-bond acceptors (Lipinski definition) is 5. The Morgan fingerprint density at radius 1 is 1.24 bits per heavy atom. The lowest BCUT2D eigenvalue weighted by Crippen LogP contribution is -2.45. The molecule has 118 valence electrons. The maximum absolute atomic E-state index is 9.40. The molecule has 3 rings (SSSR count). The van der Waals surface area contributed by atoms with E-state index in [0.29, 0.717) is 0 Å². The Balaban J connectivity index is 0.00000161. The van der Waals surface area contributed by atoms with Crippen molar-refractivity contribution in [3.63, 3.8) is 0 Å². The fraction of sp³-hybridized carbons (Fsp3) is 0.571. The summed E-state index contributed by atoms with van der Waals surface area (Å²) in [6, 6.07) is 4.20. The molecule has 21 heavy (non-hydrogen) atoms. The van der Waals surface area contributed by atoms with E-state index in [0.717, 1.165) is 54.1 Å². The van der Waals surface area contributed by atoms with Gasteiger partial charge in [-0.05, 0) is 24.1 Å². The van der Waals surface area contributed by atoms with E-state index in [1.807, 2.05) is 12.1 Å². The van der Waals surface area contributed by atoms with Gasteiger partial charge in [0.2, 0.25) is 6.79 Å². The molecule has 0 radical (unpaired) electrons. The predicted molar refractivity (Wildman–Crippen MR) is 86.4 cm³/mol. The van der Waals surface area contributed by atoms with Crippen molar-refractivity contribution in [1.29, 1.82) is 0 Å². The fourth-order valence-electron chi connectivity index (χ4n) is 2.84. The molecule has 1 aromatic rings. The minimum atomic E-state index is 0. The number of halogens is 2. The van der Waals surface area contributed by atoms with Gasteiger partial charge in [-0.3, -0.25) is 4.90 Å². The predicted octanol–water partition coefficient (Wildman–Crippen LogP) is 1.93. The van der Waals surface area contributed by atoms with Gasteiger partial charge in [0.15, 0.2) is 11.5 Å². The number of nitrogens with one attached hydrogen (secondary N) is 1. The Morgan fingerprint density at radius 3 is 2.57 bits per heavy atom.